The van der Waals surface area contributed by atoms with Gasteiger partial charge in [0, 0.05) is 62.9 Å². The molecule has 0 bridgehead atoms. The van der Waals surface area contributed by atoms with E-state index in [9.17, 15) is 9.59 Å². The highest BCUT2D eigenvalue weighted by molar-refractivity contribution is 5.92. The second-order valence-electron chi connectivity index (χ2n) is 7.84. The van der Waals surface area contributed by atoms with Crippen LogP contribution in [0, 0.1) is 0 Å². The third kappa shape index (κ3) is 2.91. The van der Waals surface area contributed by atoms with Gasteiger partial charge in [0.15, 0.2) is 11.2 Å². The van der Waals surface area contributed by atoms with Gasteiger partial charge in [-0.05, 0) is 18.1 Å². The summed E-state index contributed by atoms with van der Waals surface area (Å²) in [5.41, 5.74) is 4.08. The number of imidazole rings is 1. The van der Waals surface area contributed by atoms with E-state index in [4.69, 9.17) is 0 Å². The molecule has 3 aromatic heterocycles. The molecule has 5 rings (SSSR count). The molecule has 0 spiro atoms. The van der Waals surface area contributed by atoms with Crippen molar-refractivity contribution in [2.75, 3.05) is 19.6 Å². The molecule has 1 N–H and O–H groups in total. The van der Waals surface area contributed by atoms with Crippen LogP contribution in [0.3, 0.4) is 0 Å². The zero-order chi connectivity index (χ0) is 20.8. The Balaban J connectivity index is 1.33. The van der Waals surface area contributed by atoms with Gasteiger partial charge in [-0.2, -0.15) is 0 Å². The molecule has 0 radical (unpaired) electrons. The first-order valence-corrected chi connectivity index (χ1v) is 10.1. The quantitative estimate of drug-likeness (QED) is 0.561. The van der Waals surface area contributed by atoms with Crippen LogP contribution in [0.5, 0.6) is 0 Å². The van der Waals surface area contributed by atoms with Crippen molar-refractivity contribution in [3.05, 3.63) is 69.3 Å². The number of H-pyrrole nitrogens is 1. The van der Waals surface area contributed by atoms with Crippen molar-refractivity contribution < 1.29 is 0 Å². The molecule has 154 valence electrons. The zero-order valence-corrected chi connectivity index (χ0v) is 17.1. The second kappa shape index (κ2) is 7.14. The SMILES string of the molecule is Cn1c(=O)c2c(ncn2CCN2CC=C(c3c[nH]c4ccccc34)CC2)n(C)c1=O. The van der Waals surface area contributed by atoms with Crippen molar-refractivity contribution >= 4 is 27.6 Å². The van der Waals surface area contributed by atoms with Gasteiger partial charge in [0.2, 0.25) is 0 Å². The van der Waals surface area contributed by atoms with Crippen molar-refractivity contribution in [2.45, 2.75) is 13.0 Å². The molecule has 1 aromatic carbocycles. The summed E-state index contributed by atoms with van der Waals surface area (Å²) in [6.07, 6.45) is 7.04. The molecule has 8 heteroatoms. The predicted octanol–water partition coefficient (Wildman–Crippen LogP) is 1.70. The van der Waals surface area contributed by atoms with Gasteiger partial charge in [0.1, 0.15) is 0 Å². The molecule has 8 nitrogen and oxygen atoms in total. The third-order valence-electron chi connectivity index (χ3n) is 6.10. The summed E-state index contributed by atoms with van der Waals surface area (Å²) in [4.78, 5) is 34.7. The lowest BCUT2D eigenvalue weighted by molar-refractivity contribution is 0.290. The van der Waals surface area contributed by atoms with Crippen LogP contribution in [0.1, 0.15) is 12.0 Å². The Kier molecular flexibility index (Phi) is 4.43. The molecule has 0 aliphatic carbocycles. The lowest BCUT2D eigenvalue weighted by atomic mass is 9.99. The van der Waals surface area contributed by atoms with Crippen LogP contribution in [0.15, 0.2) is 52.5 Å². The number of para-hydroxylation sites is 1. The fourth-order valence-corrected chi connectivity index (χ4v) is 4.31. The monoisotopic (exact) mass is 404 g/mol. The molecule has 4 heterocycles. The molecule has 0 atom stereocenters. The summed E-state index contributed by atoms with van der Waals surface area (Å²) in [6.45, 7) is 3.31. The van der Waals surface area contributed by atoms with Crippen molar-refractivity contribution in [1.29, 1.82) is 0 Å². The number of hydrogen-bond acceptors (Lipinski definition) is 4. The lowest BCUT2D eigenvalue weighted by Gasteiger charge is -2.26. The van der Waals surface area contributed by atoms with E-state index in [1.807, 2.05) is 10.6 Å². The number of aromatic amines is 1. The minimum absolute atomic E-state index is 0.300. The Morgan fingerprint density at radius 1 is 1.10 bits per heavy atom. The Morgan fingerprint density at radius 2 is 1.93 bits per heavy atom. The number of fused-ring (bicyclic) bond motifs is 2. The molecule has 0 unspecified atom stereocenters. The van der Waals surface area contributed by atoms with Crippen LogP contribution in [0.4, 0.5) is 0 Å². The van der Waals surface area contributed by atoms with E-state index in [2.05, 4.69) is 45.3 Å². The van der Waals surface area contributed by atoms with Crippen LogP contribution in [0.2, 0.25) is 0 Å². The van der Waals surface area contributed by atoms with Gasteiger partial charge in [-0.25, -0.2) is 9.78 Å². The normalized spacial score (nSPS) is 15.2. The third-order valence-corrected chi connectivity index (χ3v) is 6.10. The Hall–Kier alpha value is -3.39. The molecular weight excluding hydrogens is 380 g/mol. The van der Waals surface area contributed by atoms with E-state index < -0.39 is 0 Å². The van der Waals surface area contributed by atoms with Crippen molar-refractivity contribution in [3.63, 3.8) is 0 Å². The summed E-state index contributed by atoms with van der Waals surface area (Å²) in [6, 6.07) is 8.38. The Bertz CT molecular complexity index is 1400. The van der Waals surface area contributed by atoms with Gasteiger partial charge in [0.05, 0.1) is 6.33 Å². The average molecular weight is 404 g/mol. The number of rotatable bonds is 4. The van der Waals surface area contributed by atoms with Crippen molar-refractivity contribution in [2.24, 2.45) is 14.1 Å². The summed E-state index contributed by atoms with van der Waals surface area (Å²) in [7, 11) is 3.15. The zero-order valence-electron chi connectivity index (χ0n) is 17.1. The lowest BCUT2D eigenvalue weighted by Crippen LogP contribution is -2.38. The van der Waals surface area contributed by atoms with E-state index in [0.29, 0.717) is 17.7 Å². The first-order valence-electron chi connectivity index (χ1n) is 10.1. The molecule has 1 aliphatic heterocycles. The fourth-order valence-electron chi connectivity index (χ4n) is 4.31. The van der Waals surface area contributed by atoms with Crippen LogP contribution in [0.25, 0.3) is 27.6 Å². The van der Waals surface area contributed by atoms with E-state index in [1.165, 1.54) is 33.7 Å². The summed E-state index contributed by atoms with van der Waals surface area (Å²) < 4.78 is 4.41. The minimum atomic E-state index is -0.358. The first-order chi connectivity index (χ1) is 14.5. The number of hydrogen-bond donors (Lipinski definition) is 1. The largest absolute Gasteiger partial charge is 0.361 e. The predicted molar refractivity (Wildman–Crippen MR) is 118 cm³/mol. The number of aryl methyl sites for hydroxylation is 1. The molecule has 0 fully saturated rings. The second-order valence-corrected chi connectivity index (χ2v) is 7.84. The molecule has 4 aromatic rings. The van der Waals surface area contributed by atoms with Crippen LogP contribution < -0.4 is 11.2 Å². The van der Waals surface area contributed by atoms with Crippen LogP contribution in [-0.4, -0.2) is 48.2 Å². The van der Waals surface area contributed by atoms with E-state index in [0.717, 1.165) is 30.6 Å². The van der Waals surface area contributed by atoms with Gasteiger partial charge in [0.25, 0.3) is 5.56 Å². The first kappa shape index (κ1) is 18.6. The highest BCUT2D eigenvalue weighted by atomic mass is 16.2. The summed E-state index contributed by atoms with van der Waals surface area (Å²) in [5.74, 6) is 0. The number of aromatic nitrogens is 5. The number of nitrogens with zero attached hydrogens (tertiary/aromatic N) is 5. The van der Waals surface area contributed by atoms with Crippen LogP contribution in [-0.2, 0) is 20.6 Å². The minimum Gasteiger partial charge on any atom is -0.361 e. The van der Waals surface area contributed by atoms with Crippen molar-refractivity contribution in [1.82, 2.24) is 28.6 Å². The van der Waals surface area contributed by atoms with E-state index in [-0.39, 0.29) is 11.2 Å². The van der Waals surface area contributed by atoms with Gasteiger partial charge >= 0.3 is 5.69 Å². The highest BCUT2D eigenvalue weighted by Gasteiger charge is 2.17. The Labute approximate surface area is 172 Å². The van der Waals surface area contributed by atoms with Gasteiger partial charge in [-0.3, -0.25) is 18.8 Å². The molecule has 0 saturated carbocycles. The average Bonchev–Trinajstić information content (AvgIpc) is 3.40. The van der Waals surface area contributed by atoms with E-state index in [1.54, 1.807) is 13.4 Å². The smallest absolute Gasteiger partial charge is 0.332 e. The standard InChI is InChI=1S/C22H24N6O2/c1-25-20-19(21(29)26(2)22(25)30)28(14-24-20)12-11-27-9-7-15(8-10-27)17-13-23-18-6-4-3-5-16(17)18/h3-7,13-14,23H,8-12H2,1-2H3. The van der Waals surface area contributed by atoms with Gasteiger partial charge in [-0.1, -0.05) is 24.3 Å². The molecule has 0 amide bonds. The van der Waals surface area contributed by atoms with E-state index >= 15 is 0 Å². The van der Waals surface area contributed by atoms with Gasteiger partial charge in [-0.15, -0.1) is 0 Å². The maximum atomic E-state index is 12.6. The summed E-state index contributed by atoms with van der Waals surface area (Å²) >= 11 is 0. The topological polar surface area (TPSA) is 80.8 Å². The number of nitrogens with one attached hydrogen (secondary N) is 1. The van der Waals surface area contributed by atoms with Crippen LogP contribution >= 0.6 is 0 Å². The Morgan fingerprint density at radius 3 is 2.73 bits per heavy atom. The molecular formula is C22H24N6O2. The summed E-state index contributed by atoms with van der Waals surface area (Å²) in [5, 5.41) is 1.27. The van der Waals surface area contributed by atoms with Crippen molar-refractivity contribution in [3.8, 4) is 0 Å². The maximum Gasteiger partial charge on any atom is 0.332 e. The maximum absolute atomic E-state index is 12.6. The number of benzene rings is 1. The molecule has 1 aliphatic rings. The molecule has 0 saturated heterocycles. The fraction of sp³-hybridized carbons (Fsp3) is 0.318. The highest BCUT2D eigenvalue weighted by Crippen LogP contribution is 2.29. The van der Waals surface area contributed by atoms with Gasteiger partial charge < -0.3 is 9.55 Å². The molecule has 30 heavy (non-hydrogen) atoms.